The quantitative estimate of drug-likeness (QED) is 0.145. The molecule has 8 heterocycles. The van der Waals surface area contributed by atoms with Crippen LogP contribution in [0.4, 0.5) is 37.6 Å². The van der Waals surface area contributed by atoms with Crippen LogP contribution in [-0.4, -0.2) is 119 Å². The summed E-state index contributed by atoms with van der Waals surface area (Å²) in [5.74, 6) is -2.26. The largest absolute Gasteiger partial charge is 0.485 e. The lowest BCUT2D eigenvalue weighted by Gasteiger charge is -2.47. The van der Waals surface area contributed by atoms with Crippen molar-refractivity contribution < 1.29 is 28.2 Å². The minimum absolute atomic E-state index is 0.0978. The number of amides is 2. The number of piperidine rings is 4. The highest BCUT2D eigenvalue weighted by molar-refractivity contribution is 6.33. The molecule has 1 aliphatic carbocycles. The van der Waals surface area contributed by atoms with E-state index in [4.69, 9.17) is 26.4 Å². The molecule has 11 rings (SSSR count). The van der Waals surface area contributed by atoms with Crippen LogP contribution in [0.15, 0.2) is 48.4 Å². The molecule has 66 heavy (non-hydrogen) atoms. The topological polar surface area (TPSA) is 156 Å². The summed E-state index contributed by atoms with van der Waals surface area (Å²) >= 11 is 6.69. The second-order valence-electron chi connectivity index (χ2n) is 19.9. The smallest absolute Gasteiger partial charge is 0.301 e. The molecule has 2 amide bonds. The number of likely N-dealkylation sites (tertiary alicyclic amines) is 1. The molecule has 5 fully saturated rings. The fourth-order valence-corrected chi connectivity index (χ4v) is 11.6. The number of aliphatic hydroxyl groups excluding tert-OH is 1. The first-order valence-corrected chi connectivity index (χ1v) is 24.1. The highest BCUT2D eigenvalue weighted by Gasteiger charge is 2.52. The Morgan fingerprint density at radius 2 is 1.70 bits per heavy atom. The molecule has 15 nitrogen and oxygen atoms in total. The average molecular weight is 927 g/mol. The number of imide groups is 1. The van der Waals surface area contributed by atoms with Gasteiger partial charge in [0.15, 0.2) is 24.4 Å². The number of aliphatic hydroxyl groups is 1. The molecule has 18 heteroatoms. The Morgan fingerprint density at radius 1 is 0.939 bits per heavy atom. The van der Waals surface area contributed by atoms with E-state index >= 15 is 8.78 Å². The normalized spacial score (nSPS) is 25.8. The van der Waals surface area contributed by atoms with Gasteiger partial charge in [-0.2, -0.15) is 10.1 Å². The second-order valence-corrected chi connectivity index (χ2v) is 20.3. The van der Waals surface area contributed by atoms with Crippen LogP contribution in [-0.2, 0) is 21.4 Å². The van der Waals surface area contributed by atoms with E-state index in [9.17, 15) is 14.7 Å². The number of carbonyl (C=O) groups excluding carboxylic acids is 2. The van der Waals surface area contributed by atoms with E-state index in [1.54, 1.807) is 18.1 Å². The average Bonchev–Trinajstić information content (AvgIpc) is 4.12. The molecule has 1 saturated carbocycles. The van der Waals surface area contributed by atoms with Gasteiger partial charge in [0.05, 0.1) is 35.1 Å². The number of aryl methyl sites for hydroxylation is 1. The van der Waals surface area contributed by atoms with Crippen molar-refractivity contribution in [3.8, 4) is 0 Å². The zero-order valence-corrected chi connectivity index (χ0v) is 38.3. The summed E-state index contributed by atoms with van der Waals surface area (Å²) in [6, 6.07) is 11.0. The zero-order valence-electron chi connectivity index (χ0n) is 37.5. The number of nitrogens with one attached hydrogen (secondary N) is 3. The van der Waals surface area contributed by atoms with Crippen molar-refractivity contribution in [2.24, 2.45) is 24.3 Å². The number of benzene rings is 2. The van der Waals surface area contributed by atoms with Crippen LogP contribution in [0, 0.1) is 17.3 Å². The molecule has 2 aromatic carbocycles. The first-order chi connectivity index (χ1) is 31.8. The molecule has 0 bridgehead atoms. The lowest BCUT2D eigenvalue weighted by atomic mass is 9.71. The lowest BCUT2D eigenvalue weighted by molar-refractivity contribution is -0.134. The van der Waals surface area contributed by atoms with Crippen molar-refractivity contribution in [2.45, 2.75) is 88.3 Å². The van der Waals surface area contributed by atoms with Crippen LogP contribution in [0.2, 0.25) is 5.02 Å². The maximum atomic E-state index is 15.2. The molecule has 4 saturated heterocycles. The van der Waals surface area contributed by atoms with Crippen molar-refractivity contribution in [1.29, 1.82) is 0 Å². The summed E-state index contributed by atoms with van der Waals surface area (Å²) in [7, 11) is 3.64. The molecule has 3 unspecified atom stereocenters. The number of aromatic nitrogens is 4. The minimum atomic E-state index is -3.08. The van der Waals surface area contributed by atoms with E-state index in [0.29, 0.717) is 63.6 Å². The van der Waals surface area contributed by atoms with Gasteiger partial charge in [-0.05, 0) is 125 Å². The summed E-state index contributed by atoms with van der Waals surface area (Å²) in [5.41, 5.74) is 5.65. The van der Waals surface area contributed by atoms with Gasteiger partial charge < -0.3 is 40.1 Å². The third kappa shape index (κ3) is 8.07. The predicted molar refractivity (Wildman–Crippen MR) is 249 cm³/mol. The van der Waals surface area contributed by atoms with Crippen LogP contribution in [0.25, 0.3) is 16.6 Å². The standard InChI is InChI=1S/C48H58ClF2N11O4/c1-58-36-9-5-30(23-34(36)40-41(45(58)65)66-27-48(50,51)42(55-40)29-3-4-29)53-43-35(49)25-52-46(56-43)62-21-15-47(16-22-62)13-19-60(20-14-47)26-28-11-17-61(18-12-28)31-6-7-32-37(24-31)59(2)57-39(32)33-8-10-38(63)54-44(33)64/h5-7,9,23-25,28-29,33,42,45,55,65H,3-4,8,10-22,26-27H2,1-2H3,(H,52,53,56)(H,54,63,64). The molecule has 350 valence electrons. The van der Waals surface area contributed by atoms with Crippen molar-refractivity contribution in [3.05, 3.63) is 64.6 Å². The summed E-state index contributed by atoms with van der Waals surface area (Å²) in [5, 5.41) is 26.1. The minimum Gasteiger partial charge on any atom is -0.485 e. The van der Waals surface area contributed by atoms with Crippen molar-refractivity contribution in [2.75, 3.05) is 79.5 Å². The van der Waals surface area contributed by atoms with Gasteiger partial charge in [-0.25, -0.2) is 13.8 Å². The Labute approximate surface area is 387 Å². The highest BCUT2D eigenvalue weighted by atomic mass is 35.5. The van der Waals surface area contributed by atoms with Crippen LogP contribution in [0.1, 0.15) is 81.4 Å². The Bertz CT molecular complexity index is 2580. The van der Waals surface area contributed by atoms with E-state index in [1.807, 2.05) is 29.9 Å². The first-order valence-electron chi connectivity index (χ1n) is 23.7. The summed E-state index contributed by atoms with van der Waals surface area (Å²) < 4.78 is 38.0. The molecule has 2 aromatic heterocycles. The zero-order chi connectivity index (χ0) is 45.5. The molecule has 7 aliphatic rings. The van der Waals surface area contributed by atoms with Gasteiger partial charge in [0.2, 0.25) is 17.8 Å². The van der Waals surface area contributed by atoms with Gasteiger partial charge in [0.25, 0.3) is 0 Å². The SMILES string of the molecule is CN1c2ccc(Nc3nc(N4CCC5(CCN(CC6CCN(c7ccc8c(C9CCC(=O)NC9=O)nn(C)c8c7)CC6)CC5)CC4)ncc3Cl)cc2C2=C(OCC(F)(F)C(C3CC3)N2)C1O. The van der Waals surface area contributed by atoms with Crippen LogP contribution >= 0.6 is 11.6 Å². The Balaban J connectivity index is 0.678. The number of alkyl halides is 2. The van der Waals surface area contributed by atoms with E-state index in [0.717, 1.165) is 101 Å². The third-order valence-electron chi connectivity index (χ3n) is 15.7. The molecule has 4 aromatic rings. The number of hydrogen-bond acceptors (Lipinski definition) is 13. The number of likely N-dealkylation sites (N-methyl/N-ethyl adjacent to an activating group) is 1. The van der Waals surface area contributed by atoms with Gasteiger partial charge in [0, 0.05) is 81.3 Å². The number of carbonyl (C=O) groups is 2. The Kier molecular flexibility index (Phi) is 11.0. The molecule has 1 spiro atoms. The van der Waals surface area contributed by atoms with Crippen molar-refractivity contribution >= 4 is 68.8 Å². The lowest BCUT2D eigenvalue weighted by Crippen LogP contribution is -2.48. The van der Waals surface area contributed by atoms with Gasteiger partial charge in [-0.15, -0.1) is 0 Å². The van der Waals surface area contributed by atoms with Crippen molar-refractivity contribution in [3.63, 3.8) is 0 Å². The second kappa shape index (κ2) is 16.8. The molecule has 3 atom stereocenters. The summed E-state index contributed by atoms with van der Waals surface area (Å²) in [4.78, 5) is 42.9. The monoisotopic (exact) mass is 925 g/mol. The van der Waals surface area contributed by atoms with E-state index in [-0.39, 0.29) is 23.5 Å². The number of fused-ring (bicyclic) bond motifs is 3. The van der Waals surface area contributed by atoms with Crippen molar-refractivity contribution in [1.82, 2.24) is 35.3 Å². The van der Waals surface area contributed by atoms with Crippen LogP contribution < -0.4 is 30.7 Å². The van der Waals surface area contributed by atoms with Gasteiger partial charge >= 0.3 is 5.92 Å². The first kappa shape index (κ1) is 43.3. The number of nitrogens with zero attached hydrogens (tertiary/aromatic N) is 8. The van der Waals surface area contributed by atoms with Crippen LogP contribution in [0.3, 0.4) is 0 Å². The Morgan fingerprint density at radius 3 is 2.44 bits per heavy atom. The molecule has 0 radical (unpaired) electrons. The van der Waals surface area contributed by atoms with E-state index in [1.165, 1.54) is 18.5 Å². The van der Waals surface area contributed by atoms with Gasteiger partial charge in [-0.1, -0.05) is 11.6 Å². The number of hydrogen-bond donors (Lipinski definition) is 4. The maximum Gasteiger partial charge on any atom is 0.301 e. The molecular formula is C48H58ClF2N11O4. The number of ether oxygens (including phenoxy) is 1. The molecule has 6 aliphatic heterocycles. The van der Waals surface area contributed by atoms with E-state index in [2.05, 4.69) is 53.8 Å². The number of halogens is 3. The van der Waals surface area contributed by atoms with Crippen LogP contribution in [0.5, 0.6) is 0 Å². The highest BCUT2D eigenvalue weighted by Crippen LogP contribution is 2.47. The molecular weight excluding hydrogens is 868 g/mol. The fraction of sp³-hybridized carbons (Fsp3) is 0.562. The fourth-order valence-electron chi connectivity index (χ4n) is 11.5. The predicted octanol–water partition coefficient (Wildman–Crippen LogP) is 6.35. The number of anilines is 5. The molecule has 4 N–H and O–H groups in total. The van der Waals surface area contributed by atoms with Gasteiger partial charge in [0.1, 0.15) is 5.02 Å². The van der Waals surface area contributed by atoms with Gasteiger partial charge in [-0.3, -0.25) is 19.6 Å². The third-order valence-corrected chi connectivity index (χ3v) is 16.0. The number of rotatable bonds is 8. The summed E-state index contributed by atoms with van der Waals surface area (Å²) in [6.45, 7) is 6.35. The maximum absolute atomic E-state index is 15.2. The van der Waals surface area contributed by atoms with E-state index < -0.39 is 30.7 Å². The summed E-state index contributed by atoms with van der Waals surface area (Å²) in [6.07, 6.45) is 9.58. The Hall–Kier alpha value is -5.26.